The van der Waals surface area contributed by atoms with Crippen molar-refractivity contribution in [1.82, 2.24) is 19.1 Å². The number of nitrogens with one attached hydrogen (secondary N) is 1. The lowest BCUT2D eigenvalue weighted by molar-refractivity contribution is -0.121. The van der Waals surface area contributed by atoms with Gasteiger partial charge in [-0.1, -0.05) is 19.3 Å². The van der Waals surface area contributed by atoms with Gasteiger partial charge in [-0.05, 0) is 63.4 Å². The number of amides is 1. The predicted molar refractivity (Wildman–Crippen MR) is 127 cm³/mol. The Hall–Kier alpha value is -1.90. The van der Waals surface area contributed by atoms with Crippen molar-refractivity contribution < 1.29 is 13.2 Å². The molecule has 1 atom stereocenters. The maximum atomic E-state index is 13.1. The van der Waals surface area contributed by atoms with Crippen LogP contribution in [-0.4, -0.2) is 66.9 Å². The first-order valence-corrected chi connectivity index (χ1v) is 13.5. The zero-order valence-corrected chi connectivity index (χ0v) is 19.9. The molecular formula is C24H36N4O3S. The first-order chi connectivity index (χ1) is 15.4. The molecule has 2 aliphatic rings. The lowest BCUT2D eigenvalue weighted by Crippen LogP contribution is -2.42. The van der Waals surface area contributed by atoms with Crippen molar-refractivity contribution >= 4 is 26.8 Å². The van der Waals surface area contributed by atoms with Gasteiger partial charge in [0.2, 0.25) is 15.9 Å². The molecule has 2 aromatic rings. The van der Waals surface area contributed by atoms with Crippen LogP contribution >= 0.6 is 0 Å². The molecule has 0 bridgehead atoms. The molecule has 1 aromatic heterocycles. The van der Waals surface area contributed by atoms with Gasteiger partial charge in [-0.15, -0.1) is 0 Å². The van der Waals surface area contributed by atoms with E-state index in [0.29, 0.717) is 30.6 Å². The van der Waals surface area contributed by atoms with E-state index < -0.39 is 10.0 Å². The van der Waals surface area contributed by atoms with E-state index in [9.17, 15) is 13.2 Å². The van der Waals surface area contributed by atoms with Crippen molar-refractivity contribution in [1.29, 1.82) is 0 Å². The maximum Gasteiger partial charge on any atom is 0.243 e. The van der Waals surface area contributed by atoms with Crippen LogP contribution in [0.3, 0.4) is 0 Å². The fourth-order valence-electron chi connectivity index (χ4n) is 4.95. The van der Waals surface area contributed by atoms with Crippen LogP contribution in [-0.2, 0) is 21.4 Å². The van der Waals surface area contributed by atoms with E-state index in [4.69, 9.17) is 0 Å². The van der Waals surface area contributed by atoms with Gasteiger partial charge in [-0.2, -0.15) is 4.31 Å². The molecule has 4 rings (SSSR count). The van der Waals surface area contributed by atoms with Gasteiger partial charge in [0.25, 0.3) is 0 Å². The van der Waals surface area contributed by atoms with E-state index in [-0.39, 0.29) is 12.5 Å². The molecule has 2 fully saturated rings. The second kappa shape index (κ2) is 10.4. The number of piperidine rings is 1. The highest BCUT2D eigenvalue weighted by Crippen LogP contribution is 2.25. The van der Waals surface area contributed by atoms with Crippen LogP contribution in [0.4, 0.5) is 0 Å². The number of hydrogen-bond acceptors (Lipinski definition) is 4. The number of nitrogens with zero attached hydrogens (tertiary/aromatic N) is 3. The fourth-order valence-corrected chi connectivity index (χ4v) is 6.50. The number of fused-ring (bicyclic) bond motifs is 1. The monoisotopic (exact) mass is 460 g/mol. The number of carbonyl (C=O) groups excluding carboxylic acids is 1. The summed E-state index contributed by atoms with van der Waals surface area (Å²) in [6.45, 7) is 6.33. The molecule has 7 nitrogen and oxygen atoms in total. The Bertz CT molecular complexity index is 1030. The standard InChI is InChI=1S/C24H36N4O3S/c1-20-8-4-7-13-26(20)17-12-25-24(29)19-27-16-11-21-18-22(9-10-23(21)27)32(30,31)28-14-5-2-3-6-15-28/h9-11,16,18,20H,2-8,12-15,17,19H2,1H3,(H,25,29)/t20-/m0/s1. The van der Waals surface area contributed by atoms with Gasteiger partial charge in [0.1, 0.15) is 6.54 Å². The Kier molecular flexibility index (Phi) is 7.53. The van der Waals surface area contributed by atoms with E-state index in [1.54, 1.807) is 16.4 Å². The van der Waals surface area contributed by atoms with E-state index in [1.807, 2.05) is 22.9 Å². The molecular weight excluding hydrogens is 424 g/mol. The van der Waals surface area contributed by atoms with Gasteiger partial charge in [-0.25, -0.2) is 8.42 Å². The Balaban J connectivity index is 1.37. The number of hydrogen-bond donors (Lipinski definition) is 1. The lowest BCUT2D eigenvalue weighted by Gasteiger charge is -2.33. The first-order valence-electron chi connectivity index (χ1n) is 12.0. The normalized spacial score (nSPS) is 21.5. The highest BCUT2D eigenvalue weighted by atomic mass is 32.2. The summed E-state index contributed by atoms with van der Waals surface area (Å²) >= 11 is 0. The number of sulfonamides is 1. The second-order valence-corrected chi connectivity index (χ2v) is 11.2. The molecule has 0 aliphatic carbocycles. The molecule has 0 saturated carbocycles. The Labute approximate surface area is 191 Å². The lowest BCUT2D eigenvalue weighted by atomic mass is 10.0. The van der Waals surface area contributed by atoms with Gasteiger partial charge in [0.05, 0.1) is 4.90 Å². The average molecular weight is 461 g/mol. The minimum atomic E-state index is -3.48. The third kappa shape index (κ3) is 5.35. The van der Waals surface area contributed by atoms with Gasteiger partial charge >= 0.3 is 0 Å². The molecule has 0 unspecified atom stereocenters. The fraction of sp³-hybridized carbons (Fsp3) is 0.625. The summed E-state index contributed by atoms with van der Waals surface area (Å²) in [5, 5.41) is 3.88. The zero-order chi connectivity index (χ0) is 22.6. The molecule has 3 heterocycles. The van der Waals surface area contributed by atoms with Gasteiger partial charge in [0.15, 0.2) is 0 Å². The second-order valence-electron chi connectivity index (χ2n) is 9.21. The van der Waals surface area contributed by atoms with E-state index in [2.05, 4.69) is 17.1 Å². The van der Waals surface area contributed by atoms with Crippen molar-refractivity contribution in [3.63, 3.8) is 0 Å². The summed E-state index contributed by atoms with van der Waals surface area (Å²) in [5.41, 5.74) is 0.875. The first kappa shape index (κ1) is 23.3. The molecule has 8 heteroatoms. The predicted octanol–water partition coefficient (Wildman–Crippen LogP) is 3.20. The van der Waals surface area contributed by atoms with Crippen LogP contribution in [0.2, 0.25) is 0 Å². The Morgan fingerprint density at radius 3 is 2.53 bits per heavy atom. The topological polar surface area (TPSA) is 74.6 Å². The highest BCUT2D eigenvalue weighted by Gasteiger charge is 2.25. The largest absolute Gasteiger partial charge is 0.353 e. The van der Waals surface area contributed by atoms with Gasteiger partial charge in [-0.3, -0.25) is 9.69 Å². The summed E-state index contributed by atoms with van der Waals surface area (Å²) in [5.74, 6) is -0.0200. The molecule has 0 spiro atoms. The molecule has 1 aromatic carbocycles. The van der Waals surface area contributed by atoms with Crippen LogP contribution < -0.4 is 5.32 Å². The highest BCUT2D eigenvalue weighted by molar-refractivity contribution is 7.89. The third-order valence-corrected chi connectivity index (χ3v) is 8.82. The van der Waals surface area contributed by atoms with E-state index in [1.165, 1.54) is 19.3 Å². The average Bonchev–Trinajstić information content (AvgIpc) is 2.98. The molecule has 0 radical (unpaired) electrons. The molecule has 1 N–H and O–H groups in total. The van der Waals surface area contributed by atoms with Gasteiger partial charge < -0.3 is 9.88 Å². The van der Waals surface area contributed by atoms with Crippen LogP contribution in [0.5, 0.6) is 0 Å². The van der Waals surface area contributed by atoms with Gasteiger partial charge in [0, 0.05) is 49.3 Å². The molecule has 1 amide bonds. The number of likely N-dealkylation sites (tertiary alicyclic amines) is 1. The van der Waals surface area contributed by atoms with Crippen molar-refractivity contribution in [2.75, 3.05) is 32.7 Å². The van der Waals surface area contributed by atoms with E-state index >= 15 is 0 Å². The maximum absolute atomic E-state index is 13.1. The Morgan fingerprint density at radius 1 is 1.03 bits per heavy atom. The summed E-state index contributed by atoms with van der Waals surface area (Å²) in [6.07, 6.45) is 9.65. The van der Waals surface area contributed by atoms with Crippen molar-refractivity contribution in [3.8, 4) is 0 Å². The number of benzene rings is 1. The van der Waals surface area contributed by atoms with Crippen LogP contribution in [0.25, 0.3) is 10.9 Å². The Morgan fingerprint density at radius 2 is 1.78 bits per heavy atom. The number of rotatable bonds is 7. The molecule has 2 aliphatic heterocycles. The molecule has 2 saturated heterocycles. The summed E-state index contributed by atoms with van der Waals surface area (Å²) in [6, 6.07) is 7.72. The summed E-state index contributed by atoms with van der Waals surface area (Å²) < 4.78 is 29.7. The quantitative estimate of drug-likeness (QED) is 0.689. The summed E-state index contributed by atoms with van der Waals surface area (Å²) in [7, 11) is -3.48. The number of aromatic nitrogens is 1. The van der Waals surface area contributed by atoms with Crippen molar-refractivity contribution in [2.24, 2.45) is 0 Å². The smallest absolute Gasteiger partial charge is 0.243 e. The van der Waals surface area contributed by atoms with Crippen molar-refractivity contribution in [3.05, 3.63) is 30.5 Å². The zero-order valence-electron chi connectivity index (χ0n) is 19.1. The van der Waals surface area contributed by atoms with E-state index in [0.717, 1.165) is 49.7 Å². The SMILES string of the molecule is C[C@H]1CCCCN1CCNC(=O)Cn1ccc2cc(S(=O)(=O)N3CCCCCC3)ccc21. The van der Waals surface area contributed by atoms with Crippen molar-refractivity contribution in [2.45, 2.75) is 69.4 Å². The minimum Gasteiger partial charge on any atom is -0.353 e. The summed E-state index contributed by atoms with van der Waals surface area (Å²) in [4.78, 5) is 15.3. The third-order valence-electron chi connectivity index (χ3n) is 6.92. The van der Waals surface area contributed by atoms with Crippen LogP contribution in [0.15, 0.2) is 35.4 Å². The molecule has 176 valence electrons. The minimum absolute atomic E-state index is 0.0200. The number of carbonyl (C=O) groups is 1. The van der Waals surface area contributed by atoms with Crippen LogP contribution in [0, 0.1) is 0 Å². The van der Waals surface area contributed by atoms with Crippen LogP contribution in [0.1, 0.15) is 51.9 Å². The molecule has 32 heavy (non-hydrogen) atoms.